The zero-order chi connectivity index (χ0) is 25.7. The summed E-state index contributed by atoms with van der Waals surface area (Å²) in [6.07, 6.45) is 5.91. The largest absolute Gasteiger partial charge is 0.491 e. The van der Waals surface area contributed by atoms with Gasteiger partial charge in [0, 0.05) is 37.7 Å². The molecule has 2 aromatic heterocycles. The first kappa shape index (κ1) is 24.6. The Hall–Kier alpha value is -3.70. The van der Waals surface area contributed by atoms with Crippen molar-refractivity contribution < 1.29 is 9.47 Å². The van der Waals surface area contributed by atoms with Gasteiger partial charge in [0.25, 0.3) is 0 Å². The first-order valence-electron chi connectivity index (χ1n) is 13.5. The Kier molecular flexibility index (Phi) is 7.36. The Bertz CT molecular complexity index is 1410. The van der Waals surface area contributed by atoms with E-state index in [4.69, 9.17) is 16.0 Å². The number of nitrogens with zero attached hydrogens (tertiary/aromatic N) is 4. The van der Waals surface area contributed by atoms with E-state index >= 15 is 0 Å². The van der Waals surface area contributed by atoms with Crippen LogP contribution in [-0.2, 0) is 11.2 Å². The van der Waals surface area contributed by atoms with Gasteiger partial charge in [-0.25, -0.2) is 9.83 Å². The molecule has 1 atom stereocenters. The fraction of sp³-hybridized carbons (Fsp3) is 0.355. The number of imidazole rings is 1. The van der Waals surface area contributed by atoms with Crippen LogP contribution in [0.2, 0.25) is 0 Å². The Morgan fingerprint density at radius 3 is 2.58 bits per heavy atom. The van der Waals surface area contributed by atoms with Gasteiger partial charge in [0.05, 0.1) is 44.6 Å². The standard InChI is InChI=1S/C31H33N5O2/c1-32-27-8-6-25(7-9-27)28-18-30(38-21-24-10-12-33-19-24)29-20-34-22-36(29)31(28)26-4-2-23(3-5-26)11-13-35-14-16-37-17-15-35/h2-9,18,20,22,24,33H,10-17,19,21H2/t24-/m1/s1. The van der Waals surface area contributed by atoms with Gasteiger partial charge in [0.1, 0.15) is 11.3 Å². The molecule has 38 heavy (non-hydrogen) atoms. The van der Waals surface area contributed by atoms with Gasteiger partial charge in [-0.15, -0.1) is 0 Å². The zero-order valence-electron chi connectivity index (χ0n) is 21.6. The predicted octanol–water partition coefficient (Wildman–Crippen LogP) is 5.08. The highest BCUT2D eigenvalue weighted by Crippen LogP contribution is 2.38. The molecule has 2 aromatic carbocycles. The van der Waals surface area contributed by atoms with Gasteiger partial charge in [-0.2, -0.15) is 0 Å². The van der Waals surface area contributed by atoms with Crippen LogP contribution in [0.3, 0.4) is 0 Å². The van der Waals surface area contributed by atoms with Crippen LogP contribution in [0.1, 0.15) is 12.0 Å². The van der Waals surface area contributed by atoms with E-state index in [1.807, 2.05) is 36.8 Å². The number of benzene rings is 2. The number of morpholine rings is 1. The number of fused-ring (bicyclic) bond motifs is 1. The molecule has 0 spiro atoms. The van der Waals surface area contributed by atoms with Crippen LogP contribution < -0.4 is 10.1 Å². The number of hydrogen-bond donors (Lipinski definition) is 1. The molecular formula is C31H33N5O2. The van der Waals surface area contributed by atoms with E-state index in [0.29, 0.717) is 18.2 Å². The quantitative estimate of drug-likeness (QED) is 0.337. The van der Waals surface area contributed by atoms with Gasteiger partial charge in [-0.3, -0.25) is 9.30 Å². The molecule has 194 valence electrons. The molecule has 0 amide bonds. The van der Waals surface area contributed by atoms with E-state index < -0.39 is 0 Å². The molecule has 0 saturated carbocycles. The molecule has 7 heteroatoms. The number of rotatable bonds is 8. The van der Waals surface area contributed by atoms with Crippen molar-refractivity contribution in [1.82, 2.24) is 19.6 Å². The second kappa shape index (κ2) is 11.4. The van der Waals surface area contributed by atoms with Crippen molar-refractivity contribution in [3.8, 4) is 28.1 Å². The van der Waals surface area contributed by atoms with E-state index in [1.54, 1.807) is 0 Å². The highest BCUT2D eigenvalue weighted by atomic mass is 16.5. The lowest BCUT2D eigenvalue weighted by atomic mass is 9.97. The maximum Gasteiger partial charge on any atom is 0.187 e. The smallest absolute Gasteiger partial charge is 0.187 e. The molecule has 2 fully saturated rings. The zero-order valence-corrected chi connectivity index (χ0v) is 21.6. The van der Waals surface area contributed by atoms with Crippen LogP contribution in [0.15, 0.2) is 67.1 Å². The van der Waals surface area contributed by atoms with Gasteiger partial charge in [0.2, 0.25) is 0 Å². The molecule has 0 aliphatic carbocycles. The van der Waals surface area contributed by atoms with Crippen molar-refractivity contribution >= 4 is 11.2 Å². The van der Waals surface area contributed by atoms with Crippen molar-refractivity contribution in [1.29, 1.82) is 0 Å². The Morgan fingerprint density at radius 2 is 1.84 bits per heavy atom. The van der Waals surface area contributed by atoms with Gasteiger partial charge in [-0.1, -0.05) is 48.5 Å². The minimum atomic E-state index is 0.518. The lowest BCUT2D eigenvalue weighted by Crippen LogP contribution is -2.37. The molecule has 2 aliphatic rings. The van der Waals surface area contributed by atoms with Crippen LogP contribution in [0.5, 0.6) is 5.75 Å². The van der Waals surface area contributed by atoms with Crippen LogP contribution in [0.25, 0.3) is 32.7 Å². The van der Waals surface area contributed by atoms with Crippen LogP contribution in [0, 0.1) is 12.5 Å². The first-order valence-corrected chi connectivity index (χ1v) is 13.5. The van der Waals surface area contributed by atoms with E-state index in [9.17, 15) is 0 Å². The van der Waals surface area contributed by atoms with E-state index in [2.05, 4.69) is 54.8 Å². The fourth-order valence-corrected chi connectivity index (χ4v) is 5.41. The Balaban J connectivity index is 1.35. The number of aromatic nitrogens is 2. The molecule has 4 aromatic rings. The molecule has 0 radical (unpaired) electrons. The summed E-state index contributed by atoms with van der Waals surface area (Å²) in [5.41, 5.74) is 7.23. The number of hydrogen-bond acceptors (Lipinski definition) is 5. The van der Waals surface area contributed by atoms with Crippen molar-refractivity contribution in [2.75, 3.05) is 52.5 Å². The fourth-order valence-electron chi connectivity index (χ4n) is 5.41. The molecule has 1 N–H and O–H groups in total. The van der Waals surface area contributed by atoms with E-state index in [0.717, 1.165) is 92.4 Å². The van der Waals surface area contributed by atoms with Crippen LogP contribution >= 0.6 is 0 Å². The maximum absolute atomic E-state index is 7.35. The lowest BCUT2D eigenvalue weighted by Gasteiger charge is -2.26. The molecule has 0 bridgehead atoms. The summed E-state index contributed by atoms with van der Waals surface area (Å²) in [6, 6.07) is 18.9. The Morgan fingerprint density at radius 1 is 1.05 bits per heavy atom. The van der Waals surface area contributed by atoms with Gasteiger partial charge in [-0.05, 0) is 42.1 Å². The molecule has 0 unspecified atom stereocenters. The topological polar surface area (TPSA) is 55.4 Å². The monoisotopic (exact) mass is 507 g/mol. The summed E-state index contributed by atoms with van der Waals surface area (Å²) in [7, 11) is 0. The normalized spacial score (nSPS) is 18.0. The highest BCUT2D eigenvalue weighted by molar-refractivity contribution is 5.86. The van der Waals surface area contributed by atoms with Gasteiger partial charge in [0.15, 0.2) is 5.69 Å². The summed E-state index contributed by atoms with van der Waals surface area (Å²) in [5, 5.41) is 3.42. The van der Waals surface area contributed by atoms with Gasteiger partial charge < -0.3 is 14.8 Å². The summed E-state index contributed by atoms with van der Waals surface area (Å²) in [5.74, 6) is 1.36. The molecule has 6 rings (SSSR count). The van der Waals surface area contributed by atoms with Crippen LogP contribution in [-0.4, -0.2) is 66.8 Å². The van der Waals surface area contributed by atoms with E-state index in [-0.39, 0.29) is 0 Å². The third kappa shape index (κ3) is 5.30. The second-order valence-corrected chi connectivity index (χ2v) is 10.1. The summed E-state index contributed by atoms with van der Waals surface area (Å²) in [4.78, 5) is 10.5. The van der Waals surface area contributed by atoms with E-state index in [1.165, 1.54) is 5.56 Å². The third-order valence-corrected chi connectivity index (χ3v) is 7.65. The molecule has 2 aliphatic heterocycles. The maximum atomic E-state index is 7.35. The minimum Gasteiger partial charge on any atom is -0.491 e. The van der Waals surface area contributed by atoms with Crippen LogP contribution in [0.4, 0.5) is 5.69 Å². The van der Waals surface area contributed by atoms with Crippen molar-refractivity contribution in [3.63, 3.8) is 0 Å². The number of ether oxygens (including phenoxy) is 2. The SMILES string of the molecule is [C-]#[N+]c1ccc(-c2cc(OC[C@@H]3CCNC3)c3cncn3c2-c2ccc(CCN3CCOCC3)cc2)cc1. The summed E-state index contributed by atoms with van der Waals surface area (Å²) in [6.45, 7) is 14.8. The Labute approximate surface area is 223 Å². The van der Waals surface area contributed by atoms with Crippen molar-refractivity contribution in [2.24, 2.45) is 5.92 Å². The second-order valence-electron chi connectivity index (χ2n) is 10.1. The molecule has 2 saturated heterocycles. The highest BCUT2D eigenvalue weighted by Gasteiger charge is 2.20. The first-order chi connectivity index (χ1) is 18.8. The van der Waals surface area contributed by atoms with Crippen molar-refractivity contribution in [2.45, 2.75) is 12.8 Å². The molecule has 7 nitrogen and oxygen atoms in total. The minimum absolute atomic E-state index is 0.518. The third-order valence-electron chi connectivity index (χ3n) is 7.65. The van der Waals surface area contributed by atoms with Gasteiger partial charge >= 0.3 is 0 Å². The molecule has 4 heterocycles. The lowest BCUT2D eigenvalue weighted by molar-refractivity contribution is 0.0384. The average Bonchev–Trinajstić information content (AvgIpc) is 3.68. The summed E-state index contributed by atoms with van der Waals surface area (Å²) >= 11 is 0. The molecular weight excluding hydrogens is 474 g/mol. The average molecular weight is 508 g/mol. The predicted molar refractivity (Wildman–Crippen MR) is 150 cm³/mol. The van der Waals surface area contributed by atoms with Crippen molar-refractivity contribution in [3.05, 3.63) is 84.1 Å². The number of pyridine rings is 1. The summed E-state index contributed by atoms with van der Waals surface area (Å²) < 4.78 is 14.0. The number of nitrogens with one attached hydrogen (secondary N) is 1.